The molecule has 0 aliphatic carbocycles. The Morgan fingerprint density at radius 1 is 0.209 bits per heavy atom. The first-order chi connectivity index (χ1) is 33.2. The van der Waals surface area contributed by atoms with Gasteiger partial charge in [-0.3, -0.25) is 0 Å². The van der Waals surface area contributed by atoms with Crippen molar-refractivity contribution in [1.82, 2.24) is 0 Å². The minimum absolute atomic E-state index is 0.916. The topological polar surface area (TPSA) is 13.1 Å². The molecule has 1 nitrogen and oxygen atoms in total. The summed E-state index contributed by atoms with van der Waals surface area (Å²) < 4.78 is 6.64. The van der Waals surface area contributed by atoms with Gasteiger partial charge in [0.05, 0.1) is 0 Å². The number of benzene rings is 14. The Kier molecular flexibility index (Phi) is 7.56. The van der Waals surface area contributed by atoms with Crippen molar-refractivity contribution in [2.75, 3.05) is 0 Å². The maximum absolute atomic E-state index is 6.64. The largest absolute Gasteiger partial charge is 0.456 e. The number of hydrogen-bond acceptors (Lipinski definition) is 1. The van der Waals surface area contributed by atoms with Gasteiger partial charge in [0.1, 0.15) is 11.2 Å². The summed E-state index contributed by atoms with van der Waals surface area (Å²) in [6.07, 6.45) is 0. The molecule has 0 fully saturated rings. The number of fused-ring (bicyclic) bond motifs is 17. The zero-order valence-electron chi connectivity index (χ0n) is 36.3. The van der Waals surface area contributed by atoms with Gasteiger partial charge in [0.15, 0.2) is 0 Å². The average Bonchev–Trinajstić information content (AvgIpc) is 3.77. The smallest absolute Gasteiger partial charge is 0.136 e. The average molecular weight is 847 g/mol. The highest BCUT2D eigenvalue weighted by atomic mass is 16.3. The molecule has 67 heavy (non-hydrogen) atoms. The predicted molar refractivity (Wildman–Crippen MR) is 288 cm³/mol. The van der Waals surface area contributed by atoms with Gasteiger partial charge in [-0.1, -0.05) is 188 Å². The Bertz CT molecular complexity index is 4570. The maximum atomic E-state index is 6.64. The molecule has 15 aromatic rings. The van der Waals surface area contributed by atoms with Crippen LogP contribution in [0, 0.1) is 0 Å². The quantitative estimate of drug-likeness (QED) is 0.128. The highest BCUT2D eigenvalue weighted by Gasteiger charge is 2.20. The molecule has 0 bridgehead atoms. The first kappa shape index (κ1) is 36.5. The molecule has 1 heteroatoms. The molecule has 0 spiro atoms. The molecule has 0 aliphatic heterocycles. The van der Waals surface area contributed by atoms with Crippen LogP contribution in [0.4, 0.5) is 0 Å². The van der Waals surface area contributed by atoms with E-state index < -0.39 is 0 Å². The van der Waals surface area contributed by atoms with Crippen LogP contribution >= 0.6 is 0 Å². The molecule has 0 atom stereocenters. The lowest BCUT2D eigenvalue weighted by molar-refractivity contribution is 0.670. The fraction of sp³-hybridized carbons (Fsp3) is 0. The summed E-state index contributed by atoms with van der Waals surface area (Å²) in [5.41, 5.74) is 9.28. The molecular weight excluding hydrogens is 809 g/mol. The van der Waals surface area contributed by atoms with E-state index in [1.807, 2.05) is 0 Å². The Balaban J connectivity index is 0.913. The van der Waals surface area contributed by atoms with E-state index in [9.17, 15) is 0 Å². The maximum Gasteiger partial charge on any atom is 0.136 e. The van der Waals surface area contributed by atoms with Crippen LogP contribution in [0.3, 0.4) is 0 Å². The van der Waals surface area contributed by atoms with Gasteiger partial charge < -0.3 is 4.42 Å². The van der Waals surface area contributed by atoms with E-state index in [1.165, 1.54) is 136 Å². The van der Waals surface area contributed by atoms with Crippen LogP contribution in [0.25, 0.3) is 152 Å². The SMILES string of the molecule is c1ccc2c(c1)cc(-c1ccc3cc(-c4c5ccccc5c(-c5ccc6c(c5)c5ccccc5c5cc7c(cc65)oc5ccc6ccccc6c57)c5ccccc45)ccc3c1)c1ccccc12. The lowest BCUT2D eigenvalue weighted by atomic mass is 9.84. The van der Waals surface area contributed by atoms with E-state index >= 15 is 0 Å². The third-order valence-corrected chi connectivity index (χ3v) is 14.7. The number of rotatable bonds is 3. The van der Waals surface area contributed by atoms with Crippen molar-refractivity contribution in [3.63, 3.8) is 0 Å². The molecule has 0 unspecified atom stereocenters. The van der Waals surface area contributed by atoms with Gasteiger partial charge in [0.2, 0.25) is 0 Å². The van der Waals surface area contributed by atoms with E-state index in [4.69, 9.17) is 4.42 Å². The molecule has 1 aromatic heterocycles. The van der Waals surface area contributed by atoms with Gasteiger partial charge in [-0.05, 0) is 173 Å². The summed E-state index contributed by atoms with van der Waals surface area (Å²) in [6.45, 7) is 0. The molecule has 0 radical (unpaired) electrons. The van der Waals surface area contributed by atoms with Crippen molar-refractivity contribution in [1.29, 1.82) is 0 Å². The van der Waals surface area contributed by atoms with Crippen molar-refractivity contribution >= 4 is 119 Å². The normalized spacial score (nSPS) is 12.2. The lowest BCUT2D eigenvalue weighted by Crippen LogP contribution is -1.92. The predicted octanol–water partition coefficient (Wildman–Crippen LogP) is 19.0. The Labute approximate surface area is 385 Å². The molecule has 15 rings (SSSR count). The molecule has 0 saturated carbocycles. The van der Waals surface area contributed by atoms with Crippen molar-refractivity contribution < 1.29 is 4.42 Å². The lowest BCUT2D eigenvalue weighted by Gasteiger charge is -2.19. The van der Waals surface area contributed by atoms with Gasteiger partial charge in [-0.15, -0.1) is 0 Å². The van der Waals surface area contributed by atoms with Crippen LogP contribution in [0.2, 0.25) is 0 Å². The molecule has 14 aromatic carbocycles. The number of hydrogen-bond donors (Lipinski definition) is 0. The summed E-state index contributed by atoms with van der Waals surface area (Å²) in [7, 11) is 0. The molecular formula is C66H38O. The van der Waals surface area contributed by atoms with Crippen LogP contribution in [0.15, 0.2) is 235 Å². The van der Waals surface area contributed by atoms with Gasteiger partial charge in [0, 0.05) is 10.8 Å². The van der Waals surface area contributed by atoms with Gasteiger partial charge in [-0.2, -0.15) is 0 Å². The molecule has 1 heterocycles. The zero-order chi connectivity index (χ0) is 43.7. The van der Waals surface area contributed by atoms with Gasteiger partial charge >= 0.3 is 0 Å². The van der Waals surface area contributed by atoms with E-state index in [-0.39, 0.29) is 0 Å². The van der Waals surface area contributed by atoms with Gasteiger partial charge in [-0.25, -0.2) is 0 Å². The van der Waals surface area contributed by atoms with Crippen LogP contribution < -0.4 is 0 Å². The van der Waals surface area contributed by atoms with Crippen LogP contribution in [0.1, 0.15) is 0 Å². The zero-order valence-corrected chi connectivity index (χ0v) is 36.3. The van der Waals surface area contributed by atoms with Crippen LogP contribution in [0.5, 0.6) is 0 Å². The first-order valence-electron chi connectivity index (χ1n) is 23.2. The molecule has 0 N–H and O–H groups in total. The molecule has 0 saturated heterocycles. The van der Waals surface area contributed by atoms with Gasteiger partial charge in [0.25, 0.3) is 0 Å². The minimum Gasteiger partial charge on any atom is -0.456 e. The Hall–Kier alpha value is -8.78. The highest BCUT2D eigenvalue weighted by Crippen LogP contribution is 2.47. The summed E-state index contributed by atoms with van der Waals surface area (Å²) in [5, 5.41) is 24.8. The first-order valence-corrected chi connectivity index (χ1v) is 23.2. The minimum atomic E-state index is 0.916. The van der Waals surface area contributed by atoms with E-state index in [0.717, 1.165) is 16.6 Å². The van der Waals surface area contributed by atoms with Crippen molar-refractivity contribution in [2.45, 2.75) is 0 Å². The summed E-state index contributed by atoms with van der Waals surface area (Å²) >= 11 is 0. The molecule has 0 amide bonds. The number of furan rings is 1. The standard InChI is InChI=1S/C66H38O/c1-4-16-47-39(13-1)30-32-62-66(47)61-37-59-51-20-8-7-19-50(51)58-36-45(29-31-52(58)60(59)38-63(61)67-62)65-55-23-11-9-21-53(55)64(54-22-10-12-24-56(54)65)44-28-26-40-33-43(27-25-41(40)34-44)57-35-42-14-2-3-15-46(42)48-17-5-6-18-49(48)57/h1-38H. The molecule has 0 aliphatic rings. The Morgan fingerprint density at radius 2 is 0.657 bits per heavy atom. The fourth-order valence-corrected chi connectivity index (χ4v) is 11.8. The van der Waals surface area contributed by atoms with Crippen LogP contribution in [-0.4, -0.2) is 0 Å². The summed E-state index contributed by atoms with van der Waals surface area (Å²) in [5.74, 6) is 0. The monoisotopic (exact) mass is 846 g/mol. The second kappa shape index (κ2) is 13.9. The third kappa shape index (κ3) is 5.31. The Morgan fingerprint density at radius 3 is 1.33 bits per heavy atom. The third-order valence-electron chi connectivity index (χ3n) is 14.7. The second-order valence-electron chi connectivity index (χ2n) is 18.3. The van der Waals surface area contributed by atoms with Crippen molar-refractivity contribution in [3.05, 3.63) is 231 Å². The fourth-order valence-electron chi connectivity index (χ4n) is 11.8. The van der Waals surface area contributed by atoms with Crippen molar-refractivity contribution in [3.8, 4) is 33.4 Å². The van der Waals surface area contributed by atoms with E-state index in [1.54, 1.807) is 0 Å². The summed E-state index contributed by atoms with van der Waals surface area (Å²) in [4.78, 5) is 0. The van der Waals surface area contributed by atoms with Crippen molar-refractivity contribution in [2.24, 2.45) is 0 Å². The second-order valence-corrected chi connectivity index (χ2v) is 18.3. The molecule has 308 valence electrons. The van der Waals surface area contributed by atoms with Crippen LogP contribution in [-0.2, 0) is 0 Å². The van der Waals surface area contributed by atoms with E-state index in [2.05, 4.69) is 231 Å². The highest BCUT2D eigenvalue weighted by molar-refractivity contribution is 6.31. The van der Waals surface area contributed by atoms with E-state index in [0.29, 0.717) is 0 Å². The summed E-state index contributed by atoms with van der Waals surface area (Å²) in [6, 6.07) is 85.5.